The molecule has 1 aliphatic carbocycles. The van der Waals surface area contributed by atoms with E-state index in [0.717, 1.165) is 49.9 Å². The van der Waals surface area contributed by atoms with Crippen LogP contribution >= 0.6 is 15.9 Å². The molecule has 3 heterocycles. The van der Waals surface area contributed by atoms with Crippen LogP contribution in [0.3, 0.4) is 0 Å². The van der Waals surface area contributed by atoms with Crippen LogP contribution in [0, 0.1) is 11.3 Å². The number of amides is 1. The van der Waals surface area contributed by atoms with E-state index in [9.17, 15) is 4.79 Å². The molecule has 0 radical (unpaired) electrons. The van der Waals surface area contributed by atoms with E-state index >= 15 is 0 Å². The normalized spacial score (nSPS) is 32.0. The molecule has 1 aromatic heterocycles. The van der Waals surface area contributed by atoms with Crippen molar-refractivity contribution < 1.29 is 4.79 Å². The zero-order chi connectivity index (χ0) is 15.9. The zero-order valence-electron chi connectivity index (χ0n) is 13.5. The van der Waals surface area contributed by atoms with Crippen molar-refractivity contribution in [1.29, 1.82) is 0 Å². The van der Waals surface area contributed by atoms with Crippen LogP contribution in [0.1, 0.15) is 44.6 Å². The highest BCUT2D eigenvalue weighted by atomic mass is 79.9. The molecule has 23 heavy (non-hydrogen) atoms. The van der Waals surface area contributed by atoms with Crippen molar-refractivity contribution in [3.05, 3.63) is 16.9 Å². The lowest BCUT2D eigenvalue weighted by molar-refractivity contribution is -0.146. The van der Waals surface area contributed by atoms with Gasteiger partial charge in [0.2, 0.25) is 5.91 Å². The highest BCUT2D eigenvalue weighted by molar-refractivity contribution is 9.10. The third-order valence-corrected chi connectivity index (χ3v) is 6.57. The summed E-state index contributed by atoms with van der Waals surface area (Å²) in [6.45, 7) is 3.66. The van der Waals surface area contributed by atoms with Gasteiger partial charge in [0.1, 0.15) is 0 Å². The number of halogens is 1. The summed E-state index contributed by atoms with van der Waals surface area (Å²) < 4.78 is 3.07. The number of nitrogens with one attached hydrogen (secondary N) is 1. The quantitative estimate of drug-likeness (QED) is 0.857. The fourth-order valence-corrected chi connectivity index (χ4v) is 5.13. The van der Waals surface area contributed by atoms with E-state index in [1.54, 1.807) is 0 Å². The highest BCUT2D eigenvalue weighted by Crippen LogP contribution is 2.45. The van der Waals surface area contributed by atoms with Gasteiger partial charge in [0.25, 0.3) is 0 Å². The maximum Gasteiger partial charge on any atom is 0.230 e. The standard InChI is InChI=1S/C17H25BrN4O/c18-14-10-20-22(11-14)15-4-7-21(8-5-15)16(23)17-6-2-1-3-13(17)9-19-12-17/h10-11,13,15,19H,1-9,12H2/t13-,17+/m0/s1. The number of rotatable bonds is 2. The second-order valence-corrected chi connectivity index (χ2v) is 8.31. The van der Waals surface area contributed by atoms with Gasteiger partial charge in [0.05, 0.1) is 22.1 Å². The average molecular weight is 381 g/mol. The summed E-state index contributed by atoms with van der Waals surface area (Å²) >= 11 is 3.46. The molecule has 5 nitrogen and oxygen atoms in total. The molecule has 3 fully saturated rings. The van der Waals surface area contributed by atoms with Crippen LogP contribution < -0.4 is 5.32 Å². The summed E-state index contributed by atoms with van der Waals surface area (Å²) in [7, 11) is 0. The first kappa shape index (κ1) is 15.6. The van der Waals surface area contributed by atoms with E-state index in [4.69, 9.17) is 0 Å². The molecule has 1 amide bonds. The number of piperidine rings is 1. The van der Waals surface area contributed by atoms with Crippen molar-refractivity contribution in [1.82, 2.24) is 20.0 Å². The van der Waals surface area contributed by atoms with E-state index < -0.39 is 0 Å². The molecule has 3 aliphatic rings. The van der Waals surface area contributed by atoms with E-state index in [0.29, 0.717) is 17.9 Å². The predicted molar refractivity (Wildman–Crippen MR) is 92.0 cm³/mol. The number of aromatic nitrogens is 2. The maximum absolute atomic E-state index is 13.3. The molecule has 1 N–H and O–H groups in total. The van der Waals surface area contributed by atoms with Gasteiger partial charge < -0.3 is 10.2 Å². The molecule has 0 unspecified atom stereocenters. The lowest BCUT2D eigenvalue weighted by atomic mass is 9.67. The number of carbonyl (C=O) groups is 1. The van der Waals surface area contributed by atoms with Gasteiger partial charge in [-0.15, -0.1) is 0 Å². The molecule has 2 saturated heterocycles. The van der Waals surface area contributed by atoms with Gasteiger partial charge in [-0.05, 0) is 54.1 Å². The minimum absolute atomic E-state index is 0.0974. The van der Waals surface area contributed by atoms with Gasteiger partial charge in [-0.1, -0.05) is 12.8 Å². The van der Waals surface area contributed by atoms with Crippen molar-refractivity contribution in [2.75, 3.05) is 26.2 Å². The van der Waals surface area contributed by atoms with E-state index in [1.165, 1.54) is 19.3 Å². The van der Waals surface area contributed by atoms with Gasteiger partial charge in [-0.2, -0.15) is 5.10 Å². The molecule has 2 atom stereocenters. The number of hydrogen-bond acceptors (Lipinski definition) is 3. The Hall–Kier alpha value is -0.880. The summed E-state index contributed by atoms with van der Waals surface area (Å²) in [5, 5.41) is 7.90. The van der Waals surface area contributed by atoms with E-state index in [1.807, 2.05) is 17.1 Å². The fourth-order valence-electron chi connectivity index (χ4n) is 4.83. The van der Waals surface area contributed by atoms with Gasteiger partial charge in [0.15, 0.2) is 0 Å². The lowest BCUT2D eigenvalue weighted by Crippen LogP contribution is -2.52. The van der Waals surface area contributed by atoms with Crippen LogP contribution in [0.2, 0.25) is 0 Å². The Morgan fingerprint density at radius 2 is 2.13 bits per heavy atom. The molecule has 1 saturated carbocycles. The lowest BCUT2D eigenvalue weighted by Gasteiger charge is -2.43. The predicted octanol–water partition coefficient (Wildman–Crippen LogP) is 2.59. The monoisotopic (exact) mass is 380 g/mol. The van der Waals surface area contributed by atoms with Crippen LogP contribution in [0.15, 0.2) is 16.9 Å². The summed E-state index contributed by atoms with van der Waals surface area (Å²) in [6, 6.07) is 0.423. The van der Waals surface area contributed by atoms with Crippen molar-refractivity contribution in [3.8, 4) is 0 Å². The van der Waals surface area contributed by atoms with Gasteiger partial charge in [-0.25, -0.2) is 0 Å². The van der Waals surface area contributed by atoms with Crippen molar-refractivity contribution >= 4 is 21.8 Å². The van der Waals surface area contributed by atoms with Gasteiger partial charge in [0, 0.05) is 25.8 Å². The van der Waals surface area contributed by atoms with Crippen molar-refractivity contribution in [2.45, 2.75) is 44.6 Å². The molecule has 0 aromatic carbocycles. The summed E-state index contributed by atoms with van der Waals surface area (Å²) in [5.41, 5.74) is -0.0974. The SMILES string of the molecule is O=C(N1CCC(n2cc(Br)cn2)CC1)[C@@]12CCCC[C@H]1CNC2. The second kappa shape index (κ2) is 6.20. The van der Waals surface area contributed by atoms with Crippen LogP contribution in [0.5, 0.6) is 0 Å². The Balaban J connectivity index is 1.42. The topological polar surface area (TPSA) is 50.2 Å². The minimum atomic E-state index is -0.0974. The Labute approximate surface area is 145 Å². The largest absolute Gasteiger partial charge is 0.342 e. The minimum Gasteiger partial charge on any atom is -0.342 e. The molecule has 1 aromatic rings. The molecule has 2 aliphatic heterocycles. The first-order chi connectivity index (χ1) is 11.2. The van der Waals surface area contributed by atoms with E-state index in [-0.39, 0.29) is 5.41 Å². The molecular weight excluding hydrogens is 356 g/mol. The number of fused-ring (bicyclic) bond motifs is 1. The molecular formula is C17H25BrN4O. The number of nitrogens with zero attached hydrogens (tertiary/aromatic N) is 3. The molecule has 0 bridgehead atoms. The molecule has 6 heteroatoms. The number of carbonyl (C=O) groups excluding carboxylic acids is 1. The Morgan fingerprint density at radius 1 is 1.30 bits per heavy atom. The molecule has 0 spiro atoms. The van der Waals surface area contributed by atoms with Crippen LogP contribution in [0.25, 0.3) is 0 Å². The van der Waals surface area contributed by atoms with E-state index in [2.05, 4.69) is 31.2 Å². The van der Waals surface area contributed by atoms with Crippen LogP contribution in [0.4, 0.5) is 0 Å². The Bertz CT molecular complexity index is 581. The molecule has 4 rings (SSSR count). The Kier molecular flexibility index (Phi) is 4.22. The third kappa shape index (κ3) is 2.74. The first-order valence-corrected chi connectivity index (χ1v) is 9.68. The second-order valence-electron chi connectivity index (χ2n) is 7.39. The van der Waals surface area contributed by atoms with Crippen molar-refractivity contribution in [2.24, 2.45) is 11.3 Å². The fraction of sp³-hybridized carbons (Fsp3) is 0.765. The smallest absolute Gasteiger partial charge is 0.230 e. The summed E-state index contributed by atoms with van der Waals surface area (Å²) in [4.78, 5) is 15.4. The summed E-state index contributed by atoms with van der Waals surface area (Å²) in [5.74, 6) is 0.982. The van der Waals surface area contributed by atoms with Gasteiger partial charge in [-0.3, -0.25) is 9.48 Å². The first-order valence-electron chi connectivity index (χ1n) is 8.89. The Morgan fingerprint density at radius 3 is 2.87 bits per heavy atom. The third-order valence-electron chi connectivity index (χ3n) is 6.16. The van der Waals surface area contributed by atoms with Crippen molar-refractivity contribution in [3.63, 3.8) is 0 Å². The van der Waals surface area contributed by atoms with Gasteiger partial charge >= 0.3 is 0 Å². The zero-order valence-corrected chi connectivity index (χ0v) is 15.1. The highest BCUT2D eigenvalue weighted by Gasteiger charge is 2.51. The van der Waals surface area contributed by atoms with Crippen LogP contribution in [-0.2, 0) is 4.79 Å². The average Bonchev–Trinajstić information content (AvgIpc) is 3.21. The number of likely N-dealkylation sites (tertiary alicyclic amines) is 1. The van der Waals surface area contributed by atoms with Crippen LogP contribution in [-0.4, -0.2) is 46.8 Å². The molecule has 126 valence electrons. The number of hydrogen-bond donors (Lipinski definition) is 1. The maximum atomic E-state index is 13.3. The summed E-state index contributed by atoms with van der Waals surface area (Å²) in [6.07, 6.45) is 10.7.